The average Bonchev–Trinajstić information content (AvgIpc) is 2.95. The molecule has 1 aromatic heterocycles. The molecule has 1 aliphatic rings. The van der Waals surface area contributed by atoms with E-state index in [-0.39, 0.29) is 11.5 Å². The van der Waals surface area contributed by atoms with Crippen molar-refractivity contribution in [2.45, 2.75) is 32.2 Å². The number of rotatable bonds is 2. The molecule has 21 heavy (non-hydrogen) atoms. The van der Waals surface area contributed by atoms with Crippen LogP contribution < -0.4 is 15.2 Å². The van der Waals surface area contributed by atoms with Crippen LogP contribution in [0.25, 0.3) is 0 Å². The van der Waals surface area contributed by atoms with Gasteiger partial charge >= 0.3 is 0 Å². The van der Waals surface area contributed by atoms with Crippen LogP contribution in [0.4, 0.5) is 0 Å². The Kier molecular flexibility index (Phi) is 3.59. The summed E-state index contributed by atoms with van der Waals surface area (Å²) in [5.41, 5.74) is 8.29. The molecule has 0 radical (unpaired) electrons. The molecule has 1 atom stereocenters. The van der Waals surface area contributed by atoms with E-state index < -0.39 is 0 Å². The van der Waals surface area contributed by atoms with Gasteiger partial charge < -0.3 is 15.2 Å². The molecule has 0 fully saturated rings. The number of fused-ring (bicyclic) bond motifs is 1. The number of hydrogen-bond acceptors (Lipinski definition) is 6. The van der Waals surface area contributed by atoms with Crippen molar-refractivity contribution in [3.05, 3.63) is 34.3 Å². The van der Waals surface area contributed by atoms with Gasteiger partial charge in [0.25, 0.3) is 0 Å². The van der Waals surface area contributed by atoms with E-state index >= 15 is 0 Å². The van der Waals surface area contributed by atoms with E-state index in [0.717, 1.165) is 27.6 Å². The standard InChI is InChI=1S/C15H19N3O2S/c1-15(2,3)14-13(21-18-17-14)12(16)9-4-5-10-11(8-9)20-7-6-19-10/h4-5,8,12H,6-7,16H2,1-3H3. The minimum atomic E-state index is -0.255. The van der Waals surface area contributed by atoms with Gasteiger partial charge in [-0.2, -0.15) is 0 Å². The zero-order chi connectivity index (χ0) is 15.0. The molecule has 112 valence electrons. The Morgan fingerprint density at radius 2 is 1.90 bits per heavy atom. The fourth-order valence-corrected chi connectivity index (χ4v) is 3.22. The van der Waals surface area contributed by atoms with Crippen LogP contribution in [0.3, 0.4) is 0 Å². The maximum absolute atomic E-state index is 6.43. The van der Waals surface area contributed by atoms with Gasteiger partial charge in [-0.1, -0.05) is 31.3 Å². The fourth-order valence-electron chi connectivity index (χ4n) is 2.33. The molecule has 1 unspecified atom stereocenters. The number of nitrogens with zero attached hydrogens (tertiary/aromatic N) is 2. The molecule has 6 heteroatoms. The number of aromatic nitrogens is 2. The summed E-state index contributed by atoms with van der Waals surface area (Å²) in [6.45, 7) is 7.50. The summed E-state index contributed by atoms with van der Waals surface area (Å²) in [7, 11) is 0. The van der Waals surface area contributed by atoms with Gasteiger partial charge in [0.05, 0.1) is 16.6 Å². The van der Waals surface area contributed by atoms with Crippen LogP contribution in [-0.2, 0) is 5.41 Å². The van der Waals surface area contributed by atoms with E-state index in [1.807, 2.05) is 18.2 Å². The van der Waals surface area contributed by atoms with Crippen LogP contribution in [-0.4, -0.2) is 22.8 Å². The molecule has 1 aliphatic heterocycles. The second kappa shape index (κ2) is 5.27. The van der Waals surface area contributed by atoms with Crippen LogP contribution in [0.2, 0.25) is 0 Å². The van der Waals surface area contributed by atoms with Gasteiger partial charge in [0.15, 0.2) is 11.5 Å². The Morgan fingerprint density at radius 1 is 1.19 bits per heavy atom. The lowest BCUT2D eigenvalue weighted by molar-refractivity contribution is 0.171. The summed E-state index contributed by atoms with van der Waals surface area (Å²) in [6, 6.07) is 5.58. The van der Waals surface area contributed by atoms with Crippen molar-refractivity contribution in [1.29, 1.82) is 0 Å². The number of ether oxygens (including phenoxy) is 2. The molecule has 1 aromatic carbocycles. The second-order valence-corrected chi connectivity index (χ2v) is 6.90. The second-order valence-electron chi connectivity index (χ2n) is 6.12. The highest BCUT2D eigenvalue weighted by Crippen LogP contribution is 2.36. The molecule has 2 N–H and O–H groups in total. The number of benzene rings is 1. The molecule has 0 spiro atoms. The van der Waals surface area contributed by atoms with Crippen LogP contribution in [0.1, 0.15) is 42.9 Å². The van der Waals surface area contributed by atoms with Gasteiger partial charge in [-0.15, -0.1) is 5.10 Å². The lowest BCUT2D eigenvalue weighted by Crippen LogP contribution is -2.20. The molecule has 0 saturated heterocycles. The largest absolute Gasteiger partial charge is 0.486 e. The first-order chi connectivity index (χ1) is 9.97. The maximum atomic E-state index is 6.43. The maximum Gasteiger partial charge on any atom is 0.161 e. The summed E-state index contributed by atoms with van der Waals surface area (Å²) in [5.74, 6) is 1.53. The summed E-state index contributed by atoms with van der Waals surface area (Å²) in [5, 5.41) is 4.25. The SMILES string of the molecule is CC(C)(C)c1nnsc1C(N)c1ccc2c(c1)OCCO2. The number of nitrogens with two attached hydrogens (primary N) is 1. The van der Waals surface area contributed by atoms with E-state index in [0.29, 0.717) is 13.2 Å². The van der Waals surface area contributed by atoms with E-state index in [1.54, 1.807) is 0 Å². The summed E-state index contributed by atoms with van der Waals surface area (Å²) >= 11 is 1.36. The Bertz CT molecular complexity index is 649. The monoisotopic (exact) mass is 305 g/mol. The zero-order valence-corrected chi connectivity index (χ0v) is 13.2. The Morgan fingerprint density at radius 3 is 2.62 bits per heavy atom. The smallest absolute Gasteiger partial charge is 0.161 e. The normalized spacial score (nSPS) is 15.8. The van der Waals surface area contributed by atoms with Crippen LogP contribution in [0.15, 0.2) is 18.2 Å². The fraction of sp³-hybridized carbons (Fsp3) is 0.467. The summed E-state index contributed by atoms with van der Waals surface area (Å²) < 4.78 is 15.2. The van der Waals surface area contributed by atoms with Crippen LogP contribution in [0, 0.1) is 0 Å². The van der Waals surface area contributed by atoms with Gasteiger partial charge in [0.2, 0.25) is 0 Å². The minimum Gasteiger partial charge on any atom is -0.486 e. The highest BCUT2D eigenvalue weighted by atomic mass is 32.1. The highest BCUT2D eigenvalue weighted by Gasteiger charge is 2.27. The topological polar surface area (TPSA) is 70.3 Å². The molecule has 3 rings (SSSR count). The first kappa shape index (κ1) is 14.3. The predicted octanol–water partition coefficient (Wildman–Crippen LogP) is 2.65. The molecule has 0 aliphatic carbocycles. The van der Waals surface area contributed by atoms with Gasteiger partial charge in [0, 0.05) is 5.41 Å². The summed E-state index contributed by atoms with van der Waals surface area (Å²) in [4.78, 5) is 0.999. The van der Waals surface area contributed by atoms with E-state index in [9.17, 15) is 0 Å². The van der Waals surface area contributed by atoms with Crippen molar-refractivity contribution >= 4 is 11.5 Å². The lowest BCUT2D eigenvalue weighted by atomic mass is 9.89. The van der Waals surface area contributed by atoms with Gasteiger partial charge in [-0.25, -0.2) is 0 Å². The van der Waals surface area contributed by atoms with Gasteiger partial charge in [-0.05, 0) is 29.2 Å². The average molecular weight is 305 g/mol. The molecular weight excluding hydrogens is 286 g/mol. The molecule has 0 amide bonds. The Hall–Kier alpha value is -1.66. The van der Waals surface area contributed by atoms with Crippen molar-refractivity contribution in [3.8, 4) is 11.5 Å². The van der Waals surface area contributed by atoms with E-state index in [2.05, 4.69) is 30.4 Å². The third-order valence-corrected chi connectivity index (χ3v) is 4.24. The van der Waals surface area contributed by atoms with Crippen LogP contribution >= 0.6 is 11.5 Å². The molecule has 2 aromatic rings. The van der Waals surface area contributed by atoms with Crippen molar-refractivity contribution < 1.29 is 9.47 Å². The lowest BCUT2D eigenvalue weighted by Gasteiger charge is -2.22. The predicted molar refractivity (Wildman–Crippen MR) is 82.1 cm³/mol. The van der Waals surface area contributed by atoms with Gasteiger partial charge in [0.1, 0.15) is 13.2 Å². The quantitative estimate of drug-likeness (QED) is 0.923. The molecule has 0 bridgehead atoms. The van der Waals surface area contributed by atoms with Crippen molar-refractivity contribution in [2.24, 2.45) is 5.73 Å². The first-order valence-electron chi connectivity index (χ1n) is 6.94. The molecule has 5 nitrogen and oxygen atoms in total. The van der Waals surface area contributed by atoms with Crippen molar-refractivity contribution in [3.63, 3.8) is 0 Å². The molecular formula is C15H19N3O2S. The van der Waals surface area contributed by atoms with Crippen molar-refractivity contribution in [1.82, 2.24) is 9.59 Å². The highest BCUT2D eigenvalue weighted by molar-refractivity contribution is 7.05. The Labute approximate surface area is 128 Å². The van der Waals surface area contributed by atoms with Crippen LogP contribution in [0.5, 0.6) is 11.5 Å². The summed E-state index contributed by atoms with van der Waals surface area (Å²) in [6.07, 6.45) is 0. The third-order valence-electron chi connectivity index (χ3n) is 3.43. The molecule has 2 heterocycles. The number of hydrogen-bond donors (Lipinski definition) is 1. The molecule has 0 saturated carbocycles. The third kappa shape index (κ3) is 2.73. The van der Waals surface area contributed by atoms with E-state index in [1.165, 1.54) is 11.5 Å². The minimum absolute atomic E-state index is 0.0756. The first-order valence-corrected chi connectivity index (χ1v) is 7.72. The Balaban J connectivity index is 1.96. The van der Waals surface area contributed by atoms with Crippen molar-refractivity contribution in [2.75, 3.05) is 13.2 Å². The van der Waals surface area contributed by atoms with Gasteiger partial charge in [-0.3, -0.25) is 0 Å². The van der Waals surface area contributed by atoms with E-state index in [4.69, 9.17) is 15.2 Å². The zero-order valence-electron chi connectivity index (χ0n) is 12.4.